The molecule has 0 atom stereocenters. The second kappa shape index (κ2) is 9.08. The lowest BCUT2D eigenvalue weighted by Gasteiger charge is -2.09. The fourth-order valence-electron chi connectivity index (χ4n) is 1.85. The van der Waals surface area contributed by atoms with Crippen LogP contribution in [-0.4, -0.2) is 25.1 Å². The highest BCUT2D eigenvalue weighted by molar-refractivity contribution is 9.10. The van der Waals surface area contributed by atoms with Crippen LogP contribution in [0.15, 0.2) is 53.0 Å². The Labute approximate surface area is 149 Å². The minimum Gasteiger partial charge on any atom is -0.482 e. The number of benzene rings is 2. The van der Waals surface area contributed by atoms with Gasteiger partial charge < -0.3 is 14.8 Å². The highest BCUT2D eigenvalue weighted by Gasteiger charge is 2.09. The Morgan fingerprint density at radius 3 is 2.46 bits per heavy atom. The molecule has 24 heavy (non-hydrogen) atoms. The molecule has 0 aliphatic carbocycles. The van der Waals surface area contributed by atoms with Crippen LogP contribution >= 0.6 is 15.9 Å². The summed E-state index contributed by atoms with van der Waals surface area (Å²) in [5.41, 5.74) is 2.05. The summed E-state index contributed by atoms with van der Waals surface area (Å²) < 4.78 is 11.1. The summed E-state index contributed by atoms with van der Waals surface area (Å²) in [4.78, 5) is 23.3. The second-order valence-electron chi connectivity index (χ2n) is 5.13. The average molecular weight is 392 g/mol. The summed E-state index contributed by atoms with van der Waals surface area (Å²) in [7, 11) is 0. The number of aryl methyl sites for hydroxylation is 1. The van der Waals surface area contributed by atoms with Gasteiger partial charge in [-0.2, -0.15) is 0 Å². The van der Waals surface area contributed by atoms with Crippen molar-refractivity contribution in [1.82, 2.24) is 5.32 Å². The van der Waals surface area contributed by atoms with Gasteiger partial charge in [-0.05, 0) is 30.7 Å². The van der Waals surface area contributed by atoms with E-state index in [0.29, 0.717) is 12.3 Å². The molecular weight excluding hydrogens is 374 g/mol. The molecule has 1 N–H and O–H groups in total. The van der Waals surface area contributed by atoms with Crippen LogP contribution in [0, 0.1) is 6.92 Å². The van der Waals surface area contributed by atoms with Gasteiger partial charge >= 0.3 is 5.97 Å². The monoisotopic (exact) mass is 391 g/mol. The van der Waals surface area contributed by atoms with Crippen LogP contribution in [0.25, 0.3) is 0 Å². The summed E-state index contributed by atoms with van der Waals surface area (Å²) in [6.07, 6.45) is 0. The molecule has 126 valence electrons. The third-order valence-electron chi connectivity index (χ3n) is 3.18. The van der Waals surface area contributed by atoms with E-state index in [1.165, 1.54) is 0 Å². The Hall–Kier alpha value is -2.34. The molecule has 6 heteroatoms. The zero-order chi connectivity index (χ0) is 17.4. The van der Waals surface area contributed by atoms with Crippen molar-refractivity contribution >= 4 is 27.8 Å². The van der Waals surface area contributed by atoms with Crippen molar-refractivity contribution in [3.63, 3.8) is 0 Å². The van der Waals surface area contributed by atoms with Crippen molar-refractivity contribution in [3.8, 4) is 5.75 Å². The maximum atomic E-state index is 11.7. The summed E-state index contributed by atoms with van der Waals surface area (Å²) in [5, 5.41) is 2.69. The lowest BCUT2D eigenvalue weighted by molar-refractivity contribution is -0.150. The van der Waals surface area contributed by atoms with Crippen LogP contribution in [0.4, 0.5) is 0 Å². The fraction of sp³-hybridized carbons (Fsp3) is 0.222. The van der Waals surface area contributed by atoms with Crippen molar-refractivity contribution in [3.05, 3.63) is 64.1 Å². The molecule has 5 nitrogen and oxygen atoms in total. The molecular formula is C18H18BrNO4. The highest BCUT2D eigenvalue weighted by Crippen LogP contribution is 2.15. The Kier molecular flexibility index (Phi) is 6.81. The molecule has 0 fully saturated rings. The fourth-order valence-corrected chi connectivity index (χ4v) is 2.28. The molecule has 0 unspecified atom stereocenters. The quantitative estimate of drug-likeness (QED) is 0.736. The molecule has 0 radical (unpaired) electrons. The van der Waals surface area contributed by atoms with Crippen molar-refractivity contribution in [2.24, 2.45) is 0 Å². The van der Waals surface area contributed by atoms with Gasteiger partial charge in [0, 0.05) is 11.0 Å². The predicted molar refractivity (Wildman–Crippen MR) is 93.6 cm³/mol. The maximum Gasteiger partial charge on any atom is 0.344 e. The van der Waals surface area contributed by atoms with Gasteiger partial charge in [-0.3, -0.25) is 4.79 Å². The summed E-state index contributed by atoms with van der Waals surface area (Å²) >= 11 is 3.40. The number of rotatable bonds is 7. The number of esters is 1. The molecule has 2 aromatic carbocycles. The normalized spacial score (nSPS) is 10.1. The number of carbonyl (C=O) groups is 2. The van der Waals surface area contributed by atoms with E-state index in [0.717, 1.165) is 15.6 Å². The van der Waals surface area contributed by atoms with Gasteiger partial charge in [0.1, 0.15) is 5.75 Å². The van der Waals surface area contributed by atoms with E-state index in [1.807, 2.05) is 43.3 Å². The zero-order valence-corrected chi connectivity index (χ0v) is 14.8. The van der Waals surface area contributed by atoms with E-state index in [-0.39, 0.29) is 19.1 Å². The molecule has 0 aliphatic heterocycles. The van der Waals surface area contributed by atoms with Crippen LogP contribution < -0.4 is 10.1 Å². The van der Waals surface area contributed by atoms with Crippen molar-refractivity contribution < 1.29 is 19.1 Å². The van der Waals surface area contributed by atoms with Gasteiger partial charge in [0.25, 0.3) is 5.91 Å². The molecule has 0 heterocycles. The third-order valence-corrected chi connectivity index (χ3v) is 3.95. The van der Waals surface area contributed by atoms with Crippen molar-refractivity contribution in [2.45, 2.75) is 13.5 Å². The standard InChI is InChI=1S/C18H18BrNO4/c1-13-6-8-15(9-7-13)23-12-18(22)24-11-17(21)20-10-14-4-2-3-5-16(14)19/h2-9H,10-12H2,1H3,(H,20,21). The van der Waals surface area contributed by atoms with Gasteiger partial charge in [-0.15, -0.1) is 0 Å². The number of hydrogen-bond donors (Lipinski definition) is 1. The Bertz CT molecular complexity index is 700. The van der Waals surface area contributed by atoms with Crippen molar-refractivity contribution in [2.75, 3.05) is 13.2 Å². The largest absolute Gasteiger partial charge is 0.482 e. The maximum absolute atomic E-state index is 11.7. The predicted octanol–water partition coefficient (Wildman–Crippen LogP) is 3.00. The average Bonchev–Trinajstić information content (AvgIpc) is 2.58. The van der Waals surface area contributed by atoms with Crippen LogP contribution in [0.2, 0.25) is 0 Å². The first kappa shape index (κ1) is 18.0. The lowest BCUT2D eigenvalue weighted by Crippen LogP contribution is -2.29. The molecule has 1 amide bonds. The number of hydrogen-bond acceptors (Lipinski definition) is 4. The van der Waals surface area contributed by atoms with Crippen LogP contribution in [0.5, 0.6) is 5.75 Å². The van der Waals surface area contributed by atoms with Crippen molar-refractivity contribution in [1.29, 1.82) is 0 Å². The lowest BCUT2D eigenvalue weighted by atomic mass is 10.2. The van der Waals surface area contributed by atoms with Crippen LogP contribution in [0.1, 0.15) is 11.1 Å². The summed E-state index contributed by atoms with van der Waals surface area (Å²) in [5.74, 6) is -0.378. The summed E-state index contributed by atoms with van der Waals surface area (Å²) in [6.45, 7) is 1.75. The number of nitrogens with one attached hydrogen (secondary N) is 1. The van der Waals surface area contributed by atoms with Gasteiger partial charge in [0.2, 0.25) is 0 Å². The Morgan fingerprint density at radius 1 is 1.04 bits per heavy atom. The number of amides is 1. The van der Waals surface area contributed by atoms with E-state index in [4.69, 9.17) is 9.47 Å². The number of carbonyl (C=O) groups excluding carboxylic acids is 2. The first-order chi connectivity index (χ1) is 11.5. The number of halogens is 1. The van der Waals surface area contributed by atoms with Crippen LogP contribution in [-0.2, 0) is 20.9 Å². The Morgan fingerprint density at radius 2 is 1.75 bits per heavy atom. The molecule has 2 rings (SSSR count). The molecule has 0 aliphatic rings. The minimum absolute atomic E-state index is 0.236. The molecule has 0 bridgehead atoms. The van der Waals surface area contributed by atoms with Gasteiger partial charge in [-0.1, -0.05) is 51.8 Å². The summed E-state index contributed by atoms with van der Waals surface area (Å²) in [6, 6.07) is 14.9. The molecule has 0 spiro atoms. The van der Waals surface area contributed by atoms with E-state index < -0.39 is 5.97 Å². The van der Waals surface area contributed by atoms with E-state index in [1.54, 1.807) is 12.1 Å². The number of ether oxygens (including phenoxy) is 2. The second-order valence-corrected chi connectivity index (χ2v) is 5.98. The Balaban J connectivity index is 1.66. The van der Waals surface area contributed by atoms with Gasteiger partial charge in [-0.25, -0.2) is 4.79 Å². The molecule has 0 aromatic heterocycles. The third kappa shape index (κ3) is 6.04. The van der Waals surface area contributed by atoms with E-state index >= 15 is 0 Å². The van der Waals surface area contributed by atoms with Crippen LogP contribution in [0.3, 0.4) is 0 Å². The van der Waals surface area contributed by atoms with E-state index in [2.05, 4.69) is 21.2 Å². The minimum atomic E-state index is -0.591. The molecule has 0 saturated carbocycles. The van der Waals surface area contributed by atoms with Gasteiger partial charge in [0.15, 0.2) is 13.2 Å². The smallest absolute Gasteiger partial charge is 0.344 e. The first-order valence-corrected chi connectivity index (χ1v) is 8.19. The SMILES string of the molecule is Cc1ccc(OCC(=O)OCC(=O)NCc2ccccc2Br)cc1. The zero-order valence-electron chi connectivity index (χ0n) is 13.3. The molecule has 0 saturated heterocycles. The highest BCUT2D eigenvalue weighted by atomic mass is 79.9. The topological polar surface area (TPSA) is 64.6 Å². The van der Waals surface area contributed by atoms with E-state index in [9.17, 15) is 9.59 Å². The first-order valence-electron chi connectivity index (χ1n) is 7.40. The van der Waals surface area contributed by atoms with Gasteiger partial charge in [0.05, 0.1) is 0 Å². The molecule has 2 aromatic rings.